The molecule has 2 rings (SSSR count). The van der Waals surface area contributed by atoms with Crippen molar-refractivity contribution in [1.82, 2.24) is 4.90 Å². The highest BCUT2D eigenvalue weighted by Crippen LogP contribution is 2.39. The van der Waals surface area contributed by atoms with Crippen LogP contribution in [0.5, 0.6) is 0 Å². The van der Waals surface area contributed by atoms with Crippen LogP contribution in [0.2, 0.25) is 0 Å². The van der Waals surface area contributed by atoms with Gasteiger partial charge >= 0.3 is 0 Å². The molecular formula is C15H24N2O. The molecular weight excluding hydrogens is 224 g/mol. The third kappa shape index (κ3) is 2.53. The van der Waals surface area contributed by atoms with Gasteiger partial charge in [-0.05, 0) is 25.7 Å². The zero-order valence-electron chi connectivity index (χ0n) is 11.5. The Bertz CT molecular complexity index is 331. The summed E-state index contributed by atoms with van der Waals surface area (Å²) in [4.78, 5) is 14.5. The van der Waals surface area contributed by atoms with E-state index in [2.05, 4.69) is 6.07 Å². The van der Waals surface area contributed by atoms with Gasteiger partial charge in [-0.15, -0.1) is 0 Å². The van der Waals surface area contributed by atoms with E-state index in [1.807, 2.05) is 11.9 Å². The van der Waals surface area contributed by atoms with Crippen molar-refractivity contribution in [2.75, 3.05) is 7.05 Å². The molecule has 0 unspecified atom stereocenters. The SMILES string of the molecule is CN(C(=O)C1(C#N)CCCC1)C1CCCCCC1. The minimum Gasteiger partial charge on any atom is -0.341 e. The molecule has 2 aliphatic rings. The Balaban J connectivity index is 2.05. The van der Waals surface area contributed by atoms with Crippen molar-refractivity contribution in [2.45, 2.75) is 70.3 Å². The summed E-state index contributed by atoms with van der Waals surface area (Å²) in [5, 5.41) is 9.39. The Hall–Kier alpha value is -1.04. The molecule has 1 amide bonds. The van der Waals surface area contributed by atoms with Gasteiger partial charge in [0.1, 0.15) is 5.41 Å². The molecule has 0 heterocycles. The second-order valence-electron chi connectivity index (χ2n) is 5.96. The molecule has 3 nitrogen and oxygen atoms in total. The van der Waals surface area contributed by atoms with Gasteiger partial charge in [-0.3, -0.25) is 4.79 Å². The van der Waals surface area contributed by atoms with Gasteiger partial charge in [-0.2, -0.15) is 5.26 Å². The van der Waals surface area contributed by atoms with E-state index < -0.39 is 5.41 Å². The van der Waals surface area contributed by atoms with Gasteiger partial charge in [0.15, 0.2) is 0 Å². The molecule has 3 heteroatoms. The van der Waals surface area contributed by atoms with Gasteiger partial charge in [0.05, 0.1) is 6.07 Å². The summed E-state index contributed by atoms with van der Waals surface area (Å²) in [7, 11) is 1.91. The Morgan fingerprint density at radius 2 is 1.67 bits per heavy atom. The number of nitriles is 1. The second kappa shape index (κ2) is 5.73. The lowest BCUT2D eigenvalue weighted by atomic mass is 9.85. The Morgan fingerprint density at radius 3 is 2.17 bits per heavy atom. The lowest BCUT2D eigenvalue weighted by molar-refractivity contribution is -0.139. The molecule has 0 aromatic rings. The molecule has 0 N–H and O–H groups in total. The predicted molar refractivity (Wildman–Crippen MR) is 70.8 cm³/mol. The number of nitrogens with zero attached hydrogens (tertiary/aromatic N) is 2. The number of hydrogen-bond acceptors (Lipinski definition) is 2. The molecule has 2 aliphatic carbocycles. The molecule has 0 aromatic carbocycles. The zero-order valence-corrected chi connectivity index (χ0v) is 11.5. The number of rotatable bonds is 2. The summed E-state index contributed by atoms with van der Waals surface area (Å²) in [6.07, 6.45) is 10.8. The van der Waals surface area contributed by atoms with Gasteiger partial charge < -0.3 is 4.90 Å². The molecule has 0 spiro atoms. The molecule has 18 heavy (non-hydrogen) atoms. The van der Waals surface area contributed by atoms with E-state index >= 15 is 0 Å². The molecule has 0 bridgehead atoms. The standard InChI is InChI=1S/C15H24N2O/c1-17(13-8-4-2-3-5-9-13)14(18)15(12-16)10-6-7-11-15/h13H,2-11H2,1H3. The third-order valence-electron chi connectivity index (χ3n) is 4.77. The summed E-state index contributed by atoms with van der Waals surface area (Å²) in [5.74, 6) is 0.0920. The Morgan fingerprint density at radius 1 is 1.11 bits per heavy atom. The zero-order chi connectivity index (χ0) is 13.0. The minimum atomic E-state index is -0.693. The fourth-order valence-corrected chi connectivity index (χ4v) is 3.50. The lowest BCUT2D eigenvalue weighted by Crippen LogP contribution is -2.45. The number of amides is 1. The van der Waals surface area contributed by atoms with Gasteiger partial charge in [0, 0.05) is 13.1 Å². The van der Waals surface area contributed by atoms with Crippen LogP contribution in [0.25, 0.3) is 0 Å². The van der Waals surface area contributed by atoms with Crippen LogP contribution in [0.1, 0.15) is 64.2 Å². The third-order valence-corrected chi connectivity index (χ3v) is 4.77. The molecule has 0 aromatic heterocycles. The fourth-order valence-electron chi connectivity index (χ4n) is 3.50. The van der Waals surface area contributed by atoms with Crippen molar-refractivity contribution in [3.05, 3.63) is 0 Å². The van der Waals surface area contributed by atoms with Crippen LogP contribution in [0.4, 0.5) is 0 Å². The smallest absolute Gasteiger partial charge is 0.243 e. The van der Waals surface area contributed by atoms with Crippen LogP contribution >= 0.6 is 0 Å². The number of carbonyl (C=O) groups excluding carboxylic acids is 1. The monoisotopic (exact) mass is 248 g/mol. The maximum Gasteiger partial charge on any atom is 0.243 e. The molecule has 0 saturated heterocycles. The average molecular weight is 248 g/mol. The van der Waals surface area contributed by atoms with E-state index in [1.165, 1.54) is 25.7 Å². The van der Waals surface area contributed by atoms with Crippen molar-refractivity contribution in [3.8, 4) is 6.07 Å². The van der Waals surface area contributed by atoms with E-state index in [4.69, 9.17) is 0 Å². The first kappa shape index (κ1) is 13.4. The van der Waals surface area contributed by atoms with E-state index in [-0.39, 0.29) is 5.91 Å². The van der Waals surface area contributed by atoms with Crippen molar-refractivity contribution in [2.24, 2.45) is 5.41 Å². The van der Waals surface area contributed by atoms with Crippen LogP contribution in [0.15, 0.2) is 0 Å². The van der Waals surface area contributed by atoms with Crippen LogP contribution < -0.4 is 0 Å². The van der Waals surface area contributed by atoms with E-state index in [1.54, 1.807) is 0 Å². The highest BCUT2D eigenvalue weighted by atomic mass is 16.2. The molecule has 100 valence electrons. The number of carbonyl (C=O) groups is 1. The summed E-state index contributed by atoms with van der Waals surface area (Å²) in [5.41, 5.74) is -0.693. The molecule has 0 radical (unpaired) electrons. The topological polar surface area (TPSA) is 44.1 Å². The molecule has 0 atom stereocenters. The lowest BCUT2D eigenvalue weighted by Gasteiger charge is -2.32. The van der Waals surface area contributed by atoms with Crippen molar-refractivity contribution in [1.29, 1.82) is 5.26 Å². The summed E-state index contributed by atoms with van der Waals surface area (Å²) in [6, 6.07) is 2.69. The minimum absolute atomic E-state index is 0.0920. The van der Waals surface area contributed by atoms with Gasteiger partial charge in [0.25, 0.3) is 0 Å². The molecule has 0 aliphatic heterocycles. The van der Waals surface area contributed by atoms with Crippen LogP contribution in [0, 0.1) is 16.7 Å². The maximum atomic E-state index is 12.6. The van der Waals surface area contributed by atoms with Crippen LogP contribution in [0.3, 0.4) is 0 Å². The van der Waals surface area contributed by atoms with Crippen LogP contribution in [-0.4, -0.2) is 23.9 Å². The quantitative estimate of drug-likeness (QED) is 0.704. The first-order chi connectivity index (χ1) is 8.69. The highest BCUT2D eigenvalue weighted by molar-refractivity contribution is 5.85. The molecule has 2 fully saturated rings. The number of hydrogen-bond donors (Lipinski definition) is 0. The first-order valence-corrected chi connectivity index (χ1v) is 7.38. The van der Waals surface area contributed by atoms with Gasteiger partial charge in [-0.25, -0.2) is 0 Å². The average Bonchev–Trinajstić information content (AvgIpc) is 2.73. The second-order valence-corrected chi connectivity index (χ2v) is 5.96. The van der Waals surface area contributed by atoms with E-state index in [0.717, 1.165) is 38.5 Å². The Kier molecular flexibility index (Phi) is 4.27. The van der Waals surface area contributed by atoms with Crippen molar-refractivity contribution in [3.63, 3.8) is 0 Å². The summed E-state index contributed by atoms with van der Waals surface area (Å²) < 4.78 is 0. The van der Waals surface area contributed by atoms with Gasteiger partial charge in [-0.1, -0.05) is 38.5 Å². The van der Waals surface area contributed by atoms with Gasteiger partial charge in [0.2, 0.25) is 5.91 Å². The normalized spacial score (nSPS) is 24.2. The van der Waals surface area contributed by atoms with Crippen LogP contribution in [-0.2, 0) is 4.79 Å². The van der Waals surface area contributed by atoms with E-state index in [0.29, 0.717) is 6.04 Å². The summed E-state index contributed by atoms with van der Waals surface area (Å²) in [6.45, 7) is 0. The summed E-state index contributed by atoms with van der Waals surface area (Å²) >= 11 is 0. The first-order valence-electron chi connectivity index (χ1n) is 7.38. The van der Waals surface area contributed by atoms with E-state index in [9.17, 15) is 10.1 Å². The van der Waals surface area contributed by atoms with Crippen molar-refractivity contribution < 1.29 is 4.79 Å². The maximum absolute atomic E-state index is 12.6. The predicted octanol–water partition coefficient (Wildman–Crippen LogP) is 3.25. The molecule has 2 saturated carbocycles. The highest BCUT2D eigenvalue weighted by Gasteiger charge is 2.44. The Labute approximate surface area is 110 Å². The largest absolute Gasteiger partial charge is 0.341 e. The van der Waals surface area contributed by atoms with Crippen molar-refractivity contribution >= 4 is 5.91 Å². The fraction of sp³-hybridized carbons (Fsp3) is 0.867.